The van der Waals surface area contributed by atoms with Crippen molar-refractivity contribution in [2.45, 2.75) is 25.9 Å². The summed E-state index contributed by atoms with van der Waals surface area (Å²) in [5.74, 6) is -8.31. The maximum absolute atomic E-state index is 12.0. The van der Waals surface area contributed by atoms with E-state index in [4.69, 9.17) is 0 Å². The second kappa shape index (κ2) is 10.4. The minimum absolute atomic E-state index is 0.0117. The van der Waals surface area contributed by atoms with Crippen LogP contribution < -0.4 is 0 Å². The van der Waals surface area contributed by atoms with Crippen molar-refractivity contribution in [3.63, 3.8) is 0 Å². The lowest BCUT2D eigenvalue weighted by molar-refractivity contribution is -0.172. The van der Waals surface area contributed by atoms with Crippen molar-refractivity contribution >= 4 is 18.2 Å². The van der Waals surface area contributed by atoms with Gasteiger partial charge >= 0.3 is 11.9 Å². The number of hydrogen-bond donors (Lipinski definition) is 1. The van der Waals surface area contributed by atoms with Gasteiger partial charge in [0.2, 0.25) is 5.60 Å². The van der Waals surface area contributed by atoms with Gasteiger partial charge in [0.15, 0.2) is 29.6 Å². The molecule has 1 aromatic carbocycles. The highest BCUT2D eigenvalue weighted by molar-refractivity contribution is 6.00. The Balaban J connectivity index is 0.000000496. The van der Waals surface area contributed by atoms with Gasteiger partial charge in [0.25, 0.3) is 0 Å². The molecule has 0 saturated carbocycles. The van der Waals surface area contributed by atoms with Gasteiger partial charge in [-0.05, 0) is 26.0 Å². The highest BCUT2D eigenvalue weighted by atomic mass is 19.2. The first kappa shape index (κ1) is 22.5. The SMILES string of the molecule is CCOC(=O)CC(O)(C=O)C(=O)OCC.Fc1ccc(F)c(F)c1F. The molecule has 1 aromatic rings. The number of carbonyl (C=O) groups is 3. The summed E-state index contributed by atoms with van der Waals surface area (Å²) in [5.41, 5.74) is -2.44. The molecular formula is C15H16F4O6. The van der Waals surface area contributed by atoms with Crippen LogP contribution in [0.15, 0.2) is 12.1 Å². The smallest absolute Gasteiger partial charge is 0.346 e. The van der Waals surface area contributed by atoms with Gasteiger partial charge in [-0.15, -0.1) is 0 Å². The Bertz CT molecular complexity index is 595. The maximum Gasteiger partial charge on any atom is 0.346 e. The number of aldehydes is 1. The molecule has 0 bridgehead atoms. The summed E-state index contributed by atoms with van der Waals surface area (Å²) < 4.78 is 56.9. The van der Waals surface area contributed by atoms with Crippen LogP contribution in [0.3, 0.4) is 0 Å². The van der Waals surface area contributed by atoms with Crippen molar-refractivity contribution in [2.24, 2.45) is 0 Å². The number of rotatable bonds is 6. The molecule has 0 spiro atoms. The largest absolute Gasteiger partial charge is 0.466 e. The molecule has 0 amide bonds. The van der Waals surface area contributed by atoms with E-state index >= 15 is 0 Å². The standard InChI is InChI=1S/C9H14O6.C6H2F4/c1-3-14-7(11)5-9(13,6-10)8(12)15-4-2;7-3-1-2-4(8)6(10)5(3)9/h6,13H,3-5H2,1-2H3;1-2H. The fourth-order valence-electron chi connectivity index (χ4n) is 1.35. The molecule has 140 valence electrons. The monoisotopic (exact) mass is 368 g/mol. The van der Waals surface area contributed by atoms with Crippen LogP contribution in [0.5, 0.6) is 0 Å². The summed E-state index contributed by atoms with van der Waals surface area (Å²) in [7, 11) is 0. The maximum atomic E-state index is 12.0. The van der Waals surface area contributed by atoms with Crippen molar-refractivity contribution in [2.75, 3.05) is 13.2 Å². The third-order valence-corrected chi connectivity index (χ3v) is 2.53. The van der Waals surface area contributed by atoms with Gasteiger partial charge in [0.05, 0.1) is 19.6 Å². The quantitative estimate of drug-likeness (QED) is 0.205. The van der Waals surface area contributed by atoms with Crippen LogP contribution in [-0.4, -0.2) is 42.1 Å². The molecule has 25 heavy (non-hydrogen) atoms. The molecular weight excluding hydrogens is 352 g/mol. The molecule has 1 N–H and O–H groups in total. The predicted molar refractivity (Wildman–Crippen MR) is 75.2 cm³/mol. The Kier molecular flexibility index (Phi) is 9.36. The van der Waals surface area contributed by atoms with Gasteiger partial charge in [-0.25, -0.2) is 22.4 Å². The summed E-state index contributed by atoms with van der Waals surface area (Å²) in [6.07, 6.45) is -0.759. The number of ether oxygens (including phenoxy) is 2. The number of halogens is 4. The van der Waals surface area contributed by atoms with Crippen molar-refractivity contribution in [1.82, 2.24) is 0 Å². The molecule has 1 atom stereocenters. The van der Waals surface area contributed by atoms with Crippen LogP contribution >= 0.6 is 0 Å². The van der Waals surface area contributed by atoms with Crippen LogP contribution in [0.4, 0.5) is 17.6 Å². The second-order valence-electron chi connectivity index (χ2n) is 4.40. The number of esters is 2. The lowest BCUT2D eigenvalue weighted by atomic mass is 10.0. The first-order valence-corrected chi connectivity index (χ1v) is 6.93. The highest BCUT2D eigenvalue weighted by Gasteiger charge is 2.40. The molecule has 1 unspecified atom stereocenters. The molecule has 0 aliphatic heterocycles. The van der Waals surface area contributed by atoms with Crippen molar-refractivity contribution < 1.29 is 46.5 Å². The Labute approximate surface area is 140 Å². The van der Waals surface area contributed by atoms with E-state index in [0.29, 0.717) is 12.1 Å². The van der Waals surface area contributed by atoms with E-state index < -0.39 is 47.2 Å². The van der Waals surface area contributed by atoms with Crippen molar-refractivity contribution in [3.05, 3.63) is 35.4 Å². The third-order valence-electron chi connectivity index (χ3n) is 2.53. The van der Waals surface area contributed by atoms with E-state index in [2.05, 4.69) is 9.47 Å². The lowest BCUT2D eigenvalue weighted by Gasteiger charge is -2.17. The number of aliphatic hydroxyl groups is 1. The first-order valence-electron chi connectivity index (χ1n) is 6.93. The van der Waals surface area contributed by atoms with E-state index in [9.17, 15) is 37.1 Å². The average molecular weight is 368 g/mol. The van der Waals surface area contributed by atoms with Crippen LogP contribution in [0.2, 0.25) is 0 Å². The fraction of sp³-hybridized carbons (Fsp3) is 0.400. The molecule has 0 radical (unpaired) electrons. The summed E-state index contributed by atoms with van der Waals surface area (Å²) in [6, 6.07) is 1.04. The van der Waals surface area contributed by atoms with E-state index in [1.165, 1.54) is 6.92 Å². The average Bonchev–Trinajstić information content (AvgIpc) is 2.57. The number of carbonyl (C=O) groups excluding carboxylic acids is 3. The molecule has 0 aromatic heterocycles. The molecule has 10 heteroatoms. The van der Waals surface area contributed by atoms with Gasteiger partial charge in [-0.1, -0.05) is 0 Å². The molecule has 0 heterocycles. The zero-order valence-corrected chi connectivity index (χ0v) is 13.4. The summed E-state index contributed by atoms with van der Waals surface area (Å²) in [4.78, 5) is 32.6. The van der Waals surface area contributed by atoms with Crippen LogP contribution in [0, 0.1) is 23.3 Å². The first-order chi connectivity index (χ1) is 11.6. The van der Waals surface area contributed by atoms with Gasteiger partial charge in [0, 0.05) is 0 Å². The van der Waals surface area contributed by atoms with E-state index in [-0.39, 0.29) is 19.5 Å². The number of hydrogen-bond acceptors (Lipinski definition) is 6. The predicted octanol–water partition coefficient (Wildman–Crippen LogP) is 1.68. The minimum Gasteiger partial charge on any atom is -0.466 e. The molecule has 0 aliphatic carbocycles. The zero-order chi connectivity index (χ0) is 19.6. The molecule has 0 aliphatic rings. The van der Waals surface area contributed by atoms with Gasteiger partial charge < -0.3 is 14.6 Å². The Morgan fingerprint density at radius 2 is 1.48 bits per heavy atom. The van der Waals surface area contributed by atoms with Crippen LogP contribution in [0.25, 0.3) is 0 Å². The van der Waals surface area contributed by atoms with E-state index in [1.807, 2.05) is 0 Å². The third kappa shape index (κ3) is 6.87. The minimum atomic E-state index is -2.44. The van der Waals surface area contributed by atoms with E-state index in [0.717, 1.165) is 0 Å². The normalized spacial score (nSPS) is 12.3. The van der Waals surface area contributed by atoms with Gasteiger partial charge in [-0.2, -0.15) is 0 Å². The fourth-order valence-corrected chi connectivity index (χ4v) is 1.35. The molecule has 0 saturated heterocycles. The summed E-state index contributed by atoms with van der Waals surface area (Å²) >= 11 is 0. The Morgan fingerprint density at radius 3 is 1.84 bits per heavy atom. The van der Waals surface area contributed by atoms with Crippen molar-refractivity contribution in [1.29, 1.82) is 0 Å². The highest BCUT2D eigenvalue weighted by Crippen LogP contribution is 2.13. The second-order valence-corrected chi connectivity index (χ2v) is 4.40. The lowest BCUT2D eigenvalue weighted by Crippen LogP contribution is -2.44. The van der Waals surface area contributed by atoms with Crippen LogP contribution in [-0.2, 0) is 23.9 Å². The van der Waals surface area contributed by atoms with Crippen LogP contribution in [0.1, 0.15) is 20.3 Å². The topological polar surface area (TPSA) is 89.9 Å². The molecule has 0 fully saturated rings. The Hall–Kier alpha value is -2.49. The summed E-state index contributed by atoms with van der Waals surface area (Å²) in [5, 5.41) is 9.47. The summed E-state index contributed by atoms with van der Waals surface area (Å²) in [6.45, 7) is 3.21. The molecule has 1 rings (SSSR count). The zero-order valence-electron chi connectivity index (χ0n) is 13.4. The number of benzene rings is 1. The van der Waals surface area contributed by atoms with E-state index in [1.54, 1.807) is 6.92 Å². The van der Waals surface area contributed by atoms with Gasteiger partial charge in [0.1, 0.15) is 0 Å². The van der Waals surface area contributed by atoms with Gasteiger partial charge in [-0.3, -0.25) is 9.59 Å². The Morgan fingerprint density at radius 1 is 1.04 bits per heavy atom. The molecule has 6 nitrogen and oxygen atoms in total. The van der Waals surface area contributed by atoms with Crippen molar-refractivity contribution in [3.8, 4) is 0 Å².